The Bertz CT molecular complexity index is 1050. The van der Waals surface area contributed by atoms with E-state index in [0.717, 1.165) is 31.1 Å². The molecule has 7 heteroatoms. The molecule has 0 fully saturated rings. The molecule has 0 aliphatic heterocycles. The van der Waals surface area contributed by atoms with E-state index in [0.29, 0.717) is 24.5 Å². The van der Waals surface area contributed by atoms with Crippen LogP contribution >= 0.6 is 0 Å². The Hall–Kier alpha value is -2.54. The van der Waals surface area contributed by atoms with Crippen molar-refractivity contribution in [3.8, 4) is 5.75 Å². The summed E-state index contributed by atoms with van der Waals surface area (Å²) in [6.45, 7) is 6.28. The number of nitrogens with zero attached hydrogens (tertiary/aromatic N) is 1. The molecule has 2 aromatic rings. The van der Waals surface area contributed by atoms with Gasteiger partial charge >= 0.3 is 0 Å². The lowest BCUT2D eigenvalue weighted by Gasteiger charge is -2.31. The number of nitrogens with one attached hydrogen (secondary N) is 1. The van der Waals surface area contributed by atoms with Crippen LogP contribution in [0.4, 0.5) is 5.69 Å². The van der Waals surface area contributed by atoms with Crippen molar-refractivity contribution in [1.82, 2.24) is 5.32 Å². The van der Waals surface area contributed by atoms with Gasteiger partial charge in [-0.15, -0.1) is 0 Å². The number of carbonyl (C=O) groups excluding carboxylic acids is 1. The lowest BCUT2D eigenvalue weighted by Crippen LogP contribution is -2.50. The highest BCUT2D eigenvalue weighted by atomic mass is 32.2. The molecule has 0 saturated carbocycles. The lowest BCUT2D eigenvalue weighted by atomic mass is 9.88. The zero-order valence-corrected chi connectivity index (χ0v) is 21.0. The predicted molar refractivity (Wildman–Crippen MR) is 133 cm³/mol. The van der Waals surface area contributed by atoms with Gasteiger partial charge in [0.1, 0.15) is 11.8 Å². The molecule has 33 heavy (non-hydrogen) atoms. The number of sulfonamides is 1. The molecular formula is C26H36N2O4S. The standard InChI is InChI=1S/C26H36N2O4S/c1-5-24(21-13-12-19-10-8-9-11-20(19)18-21)27-26(29)25(6-2)28(33(4,30)31)22-14-16-23(17-15-22)32-7-3/h12-18,24-25H,5-11H2,1-4H3,(H,27,29)/t24-,25+/m0/s1. The van der Waals surface area contributed by atoms with Crippen LogP contribution in [-0.4, -0.2) is 33.2 Å². The van der Waals surface area contributed by atoms with Gasteiger partial charge in [-0.05, 0) is 86.4 Å². The van der Waals surface area contributed by atoms with E-state index in [1.165, 1.54) is 28.3 Å². The molecular weight excluding hydrogens is 436 g/mol. The molecule has 0 saturated heterocycles. The SMILES string of the molecule is CCOc1ccc(N([C@H](CC)C(=O)N[C@@H](CC)c2ccc3c(c2)CCCC3)S(C)(=O)=O)cc1. The number of hydrogen-bond acceptors (Lipinski definition) is 4. The predicted octanol–water partition coefficient (Wildman–Crippen LogP) is 4.78. The summed E-state index contributed by atoms with van der Waals surface area (Å²) >= 11 is 0. The van der Waals surface area contributed by atoms with Gasteiger partial charge in [0.2, 0.25) is 15.9 Å². The average molecular weight is 473 g/mol. The Kier molecular flexibility index (Phi) is 8.40. The van der Waals surface area contributed by atoms with E-state index < -0.39 is 16.1 Å². The zero-order valence-electron chi connectivity index (χ0n) is 20.1. The first-order valence-electron chi connectivity index (χ1n) is 11.9. The Labute approximate surface area is 198 Å². The number of fused-ring (bicyclic) bond motifs is 1. The molecule has 1 amide bonds. The summed E-state index contributed by atoms with van der Waals surface area (Å²) < 4.78 is 32.2. The summed E-state index contributed by atoms with van der Waals surface area (Å²) in [5.74, 6) is 0.368. The van der Waals surface area contributed by atoms with Crippen molar-refractivity contribution in [3.63, 3.8) is 0 Å². The third kappa shape index (κ3) is 6.08. The maximum Gasteiger partial charge on any atom is 0.244 e. The first kappa shape index (κ1) is 25.1. The highest BCUT2D eigenvalue weighted by Crippen LogP contribution is 2.28. The van der Waals surface area contributed by atoms with Crippen LogP contribution in [0, 0.1) is 0 Å². The van der Waals surface area contributed by atoms with Crippen LogP contribution in [0.2, 0.25) is 0 Å². The van der Waals surface area contributed by atoms with Crippen LogP contribution in [-0.2, 0) is 27.7 Å². The summed E-state index contributed by atoms with van der Waals surface area (Å²) in [5.41, 5.74) is 4.29. The summed E-state index contributed by atoms with van der Waals surface area (Å²) in [7, 11) is -3.69. The largest absolute Gasteiger partial charge is 0.494 e. The van der Waals surface area contributed by atoms with E-state index in [1.807, 2.05) is 20.8 Å². The van der Waals surface area contributed by atoms with E-state index in [1.54, 1.807) is 24.3 Å². The lowest BCUT2D eigenvalue weighted by molar-refractivity contribution is -0.123. The fourth-order valence-electron chi connectivity index (χ4n) is 4.58. The maximum absolute atomic E-state index is 13.4. The van der Waals surface area contributed by atoms with Crippen molar-refractivity contribution in [2.45, 2.75) is 71.4 Å². The van der Waals surface area contributed by atoms with Gasteiger partial charge in [-0.1, -0.05) is 32.0 Å². The van der Waals surface area contributed by atoms with Gasteiger partial charge in [0.15, 0.2) is 0 Å². The fourth-order valence-corrected chi connectivity index (χ4v) is 5.79. The monoisotopic (exact) mass is 472 g/mol. The van der Waals surface area contributed by atoms with Gasteiger partial charge in [-0.3, -0.25) is 9.10 Å². The van der Waals surface area contributed by atoms with Gasteiger partial charge in [-0.2, -0.15) is 0 Å². The van der Waals surface area contributed by atoms with E-state index in [2.05, 4.69) is 23.5 Å². The first-order chi connectivity index (χ1) is 15.8. The number of carbonyl (C=O) groups is 1. The second-order valence-electron chi connectivity index (χ2n) is 8.61. The average Bonchev–Trinajstić information content (AvgIpc) is 2.80. The Morgan fingerprint density at radius 3 is 2.24 bits per heavy atom. The highest BCUT2D eigenvalue weighted by Gasteiger charge is 2.32. The number of amides is 1. The molecule has 0 heterocycles. The number of anilines is 1. The van der Waals surface area contributed by atoms with Crippen LogP contribution < -0.4 is 14.4 Å². The minimum atomic E-state index is -3.69. The topological polar surface area (TPSA) is 75.7 Å². The number of benzene rings is 2. The van der Waals surface area contributed by atoms with Crippen LogP contribution in [0.25, 0.3) is 0 Å². The molecule has 1 N–H and O–H groups in total. The molecule has 0 unspecified atom stereocenters. The number of rotatable bonds is 10. The van der Waals surface area contributed by atoms with Gasteiger partial charge in [0, 0.05) is 0 Å². The van der Waals surface area contributed by atoms with Crippen molar-refractivity contribution >= 4 is 21.6 Å². The molecule has 2 aromatic carbocycles. The van der Waals surface area contributed by atoms with Crippen LogP contribution in [0.15, 0.2) is 42.5 Å². The van der Waals surface area contributed by atoms with Gasteiger partial charge in [0.05, 0.1) is 24.6 Å². The smallest absolute Gasteiger partial charge is 0.244 e. The highest BCUT2D eigenvalue weighted by molar-refractivity contribution is 7.92. The van der Waals surface area contributed by atoms with Crippen molar-refractivity contribution in [3.05, 3.63) is 59.2 Å². The van der Waals surface area contributed by atoms with Crippen molar-refractivity contribution in [1.29, 1.82) is 0 Å². The second kappa shape index (κ2) is 11.1. The Morgan fingerprint density at radius 2 is 1.67 bits per heavy atom. The van der Waals surface area contributed by atoms with Crippen molar-refractivity contribution in [2.24, 2.45) is 0 Å². The number of hydrogen-bond donors (Lipinski definition) is 1. The molecule has 3 rings (SSSR count). The van der Waals surface area contributed by atoms with E-state index in [-0.39, 0.29) is 11.9 Å². The first-order valence-corrected chi connectivity index (χ1v) is 13.8. The Balaban J connectivity index is 1.85. The molecule has 2 atom stereocenters. The molecule has 1 aliphatic carbocycles. The molecule has 0 radical (unpaired) electrons. The van der Waals surface area contributed by atoms with Gasteiger partial charge in [0.25, 0.3) is 0 Å². The molecule has 0 aromatic heterocycles. The van der Waals surface area contributed by atoms with E-state index >= 15 is 0 Å². The van der Waals surface area contributed by atoms with E-state index in [9.17, 15) is 13.2 Å². The molecule has 0 spiro atoms. The van der Waals surface area contributed by atoms with Crippen LogP contribution in [0.1, 0.15) is 69.2 Å². The van der Waals surface area contributed by atoms with Gasteiger partial charge < -0.3 is 10.1 Å². The summed E-state index contributed by atoms with van der Waals surface area (Å²) in [6, 6.07) is 12.3. The van der Waals surface area contributed by atoms with Crippen molar-refractivity contribution < 1.29 is 17.9 Å². The second-order valence-corrected chi connectivity index (χ2v) is 10.5. The van der Waals surface area contributed by atoms with Crippen LogP contribution in [0.3, 0.4) is 0 Å². The molecule has 0 bridgehead atoms. The summed E-state index contributed by atoms with van der Waals surface area (Å²) in [5, 5.41) is 3.13. The maximum atomic E-state index is 13.4. The summed E-state index contributed by atoms with van der Waals surface area (Å²) in [6.07, 6.45) is 6.83. The Morgan fingerprint density at radius 1 is 1.00 bits per heavy atom. The minimum absolute atomic E-state index is 0.166. The third-order valence-electron chi connectivity index (χ3n) is 6.23. The normalized spacial score (nSPS) is 15.3. The molecule has 180 valence electrons. The van der Waals surface area contributed by atoms with Crippen LogP contribution in [0.5, 0.6) is 5.75 Å². The zero-order chi connectivity index (χ0) is 24.0. The fraction of sp³-hybridized carbons (Fsp3) is 0.500. The number of ether oxygens (including phenoxy) is 1. The summed E-state index contributed by atoms with van der Waals surface area (Å²) in [4.78, 5) is 13.4. The van der Waals surface area contributed by atoms with Crippen molar-refractivity contribution in [2.75, 3.05) is 17.2 Å². The third-order valence-corrected chi connectivity index (χ3v) is 7.41. The minimum Gasteiger partial charge on any atom is -0.494 e. The molecule has 1 aliphatic rings. The molecule has 6 nitrogen and oxygen atoms in total. The quantitative estimate of drug-likeness (QED) is 0.540. The number of aryl methyl sites for hydroxylation is 2. The van der Waals surface area contributed by atoms with Gasteiger partial charge in [-0.25, -0.2) is 8.42 Å². The van der Waals surface area contributed by atoms with E-state index in [4.69, 9.17) is 4.74 Å².